The Morgan fingerprint density at radius 1 is 1.29 bits per heavy atom. The molecule has 1 amide bonds. The van der Waals surface area contributed by atoms with E-state index in [1.54, 1.807) is 38.1 Å². The molecule has 0 aliphatic carbocycles. The van der Waals surface area contributed by atoms with Crippen LogP contribution in [0.5, 0.6) is 0 Å². The van der Waals surface area contributed by atoms with Gasteiger partial charge >= 0.3 is 5.97 Å². The number of aliphatic hydroxyl groups is 1. The number of benzene rings is 1. The normalized spacial score (nSPS) is 13.6. The lowest BCUT2D eigenvalue weighted by Gasteiger charge is -2.25. The third kappa shape index (κ3) is 6.51. The highest BCUT2D eigenvalue weighted by molar-refractivity contribution is 6.35. The van der Waals surface area contributed by atoms with Gasteiger partial charge in [-0.05, 0) is 30.7 Å². The predicted octanol–water partition coefficient (Wildman–Crippen LogP) is 3.03. The van der Waals surface area contributed by atoms with Crippen molar-refractivity contribution in [2.45, 2.75) is 20.0 Å². The number of rotatable bonds is 7. The SMILES string of the molecule is COC(=O)C(C)CN(CC(C)O)C(=O)/C=C/c1ccc(Cl)cc1Cl. The number of esters is 1. The quantitative estimate of drug-likeness (QED) is 0.589. The fraction of sp³-hybridized carbons (Fsp3) is 0.412. The topological polar surface area (TPSA) is 66.8 Å². The van der Waals surface area contributed by atoms with Crippen LogP contribution in [-0.2, 0) is 14.3 Å². The molecule has 2 unspecified atom stereocenters. The summed E-state index contributed by atoms with van der Waals surface area (Å²) in [6, 6.07) is 4.95. The van der Waals surface area contributed by atoms with Crippen molar-refractivity contribution in [3.63, 3.8) is 0 Å². The molecule has 1 N–H and O–H groups in total. The summed E-state index contributed by atoms with van der Waals surface area (Å²) >= 11 is 11.9. The van der Waals surface area contributed by atoms with Gasteiger partial charge in [0.15, 0.2) is 0 Å². The maximum Gasteiger partial charge on any atom is 0.310 e. The van der Waals surface area contributed by atoms with Crippen molar-refractivity contribution in [3.05, 3.63) is 39.9 Å². The Balaban J connectivity index is 2.87. The van der Waals surface area contributed by atoms with Gasteiger partial charge in [0.1, 0.15) is 0 Å². The van der Waals surface area contributed by atoms with Gasteiger partial charge in [0.05, 0.1) is 19.1 Å². The molecule has 0 saturated heterocycles. The average molecular weight is 374 g/mol. The maximum absolute atomic E-state index is 12.4. The van der Waals surface area contributed by atoms with E-state index in [0.717, 1.165) is 0 Å². The molecule has 7 heteroatoms. The van der Waals surface area contributed by atoms with Crippen LogP contribution in [-0.4, -0.2) is 48.2 Å². The molecule has 0 heterocycles. The maximum atomic E-state index is 12.4. The van der Waals surface area contributed by atoms with E-state index in [1.165, 1.54) is 18.1 Å². The summed E-state index contributed by atoms with van der Waals surface area (Å²) in [6.07, 6.45) is 2.20. The van der Waals surface area contributed by atoms with Gasteiger partial charge in [0.2, 0.25) is 5.91 Å². The molecule has 2 atom stereocenters. The lowest BCUT2D eigenvalue weighted by atomic mass is 10.1. The Kier molecular flexibility index (Phi) is 8.25. The van der Waals surface area contributed by atoms with Gasteiger partial charge in [0.25, 0.3) is 0 Å². The zero-order valence-electron chi connectivity index (χ0n) is 13.8. The van der Waals surface area contributed by atoms with Crippen LogP contribution >= 0.6 is 23.2 Å². The van der Waals surface area contributed by atoms with E-state index >= 15 is 0 Å². The molecule has 0 aromatic heterocycles. The van der Waals surface area contributed by atoms with Crippen molar-refractivity contribution in [2.75, 3.05) is 20.2 Å². The zero-order chi connectivity index (χ0) is 18.3. The van der Waals surface area contributed by atoms with E-state index < -0.39 is 18.0 Å². The number of nitrogens with zero attached hydrogens (tertiary/aromatic N) is 1. The fourth-order valence-electron chi connectivity index (χ4n) is 2.08. The third-order valence-corrected chi connectivity index (χ3v) is 3.82. The van der Waals surface area contributed by atoms with Crippen molar-refractivity contribution in [2.24, 2.45) is 5.92 Å². The van der Waals surface area contributed by atoms with Crippen LogP contribution in [0.4, 0.5) is 0 Å². The van der Waals surface area contributed by atoms with Crippen molar-refractivity contribution >= 4 is 41.2 Å². The Morgan fingerprint density at radius 3 is 2.50 bits per heavy atom. The number of aliphatic hydroxyl groups excluding tert-OH is 1. The molecule has 132 valence electrons. The Morgan fingerprint density at radius 2 is 1.96 bits per heavy atom. The van der Waals surface area contributed by atoms with Crippen LogP contribution < -0.4 is 0 Å². The van der Waals surface area contributed by atoms with Gasteiger partial charge in [-0.2, -0.15) is 0 Å². The lowest BCUT2D eigenvalue weighted by Crippen LogP contribution is -2.40. The average Bonchev–Trinajstić information content (AvgIpc) is 2.51. The van der Waals surface area contributed by atoms with E-state index in [9.17, 15) is 14.7 Å². The number of amides is 1. The molecule has 0 spiro atoms. The first kappa shape index (κ1) is 20.5. The number of methoxy groups -OCH3 is 1. The molecule has 1 aromatic rings. The van der Waals surface area contributed by atoms with Crippen LogP contribution in [0.2, 0.25) is 10.0 Å². The van der Waals surface area contributed by atoms with Gasteiger partial charge in [-0.1, -0.05) is 36.2 Å². The first-order chi connectivity index (χ1) is 11.2. The summed E-state index contributed by atoms with van der Waals surface area (Å²) in [4.78, 5) is 25.3. The summed E-state index contributed by atoms with van der Waals surface area (Å²) in [6.45, 7) is 3.49. The highest BCUT2D eigenvalue weighted by atomic mass is 35.5. The van der Waals surface area contributed by atoms with Crippen LogP contribution in [0.1, 0.15) is 19.4 Å². The minimum absolute atomic E-state index is 0.110. The molecule has 0 radical (unpaired) electrons. The Labute approximate surface area is 151 Å². The second kappa shape index (κ2) is 9.67. The Bertz CT molecular complexity index is 617. The van der Waals surface area contributed by atoms with Crippen molar-refractivity contribution < 1.29 is 19.4 Å². The molecule has 1 aromatic carbocycles. The van der Waals surface area contributed by atoms with E-state index in [2.05, 4.69) is 4.74 Å². The molecule has 0 bridgehead atoms. The second-order valence-electron chi connectivity index (χ2n) is 5.52. The summed E-state index contributed by atoms with van der Waals surface area (Å²) in [5.41, 5.74) is 0.646. The standard InChI is InChI=1S/C17H21Cl2NO4/c1-11(17(23)24-3)9-20(10-12(2)21)16(22)7-5-13-4-6-14(18)8-15(13)19/h4-8,11-12,21H,9-10H2,1-3H3/b7-5+. The second-order valence-corrected chi connectivity index (χ2v) is 6.36. The molecule has 0 saturated carbocycles. The molecule has 0 aliphatic heterocycles. The van der Waals surface area contributed by atoms with Crippen molar-refractivity contribution in [3.8, 4) is 0 Å². The highest BCUT2D eigenvalue weighted by Gasteiger charge is 2.21. The number of ether oxygens (including phenoxy) is 1. The van der Waals surface area contributed by atoms with E-state index in [0.29, 0.717) is 15.6 Å². The largest absolute Gasteiger partial charge is 0.469 e. The van der Waals surface area contributed by atoms with Crippen LogP contribution in [0.3, 0.4) is 0 Å². The summed E-state index contributed by atoms with van der Waals surface area (Å²) in [7, 11) is 1.29. The number of hydrogen-bond acceptors (Lipinski definition) is 4. The minimum Gasteiger partial charge on any atom is -0.469 e. The van der Waals surface area contributed by atoms with E-state index in [-0.39, 0.29) is 19.0 Å². The van der Waals surface area contributed by atoms with Crippen LogP contribution in [0.15, 0.2) is 24.3 Å². The van der Waals surface area contributed by atoms with Gasteiger partial charge in [-0.3, -0.25) is 9.59 Å². The molecule has 0 aliphatic rings. The molecule has 0 fully saturated rings. The number of halogens is 2. The Hall–Kier alpha value is -1.56. The fourth-order valence-corrected chi connectivity index (χ4v) is 2.55. The number of carbonyl (C=O) groups is 2. The minimum atomic E-state index is -0.716. The van der Waals surface area contributed by atoms with Gasteiger partial charge in [0, 0.05) is 29.2 Å². The van der Waals surface area contributed by atoms with Gasteiger partial charge in [-0.25, -0.2) is 0 Å². The number of hydrogen-bond donors (Lipinski definition) is 1. The van der Waals surface area contributed by atoms with Crippen LogP contribution in [0.25, 0.3) is 6.08 Å². The van der Waals surface area contributed by atoms with E-state index in [1.807, 2.05) is 0 Å². The zero-order valence-corrected chi connectivity index (χ0v) is 15.3. The first-order valence-electron chi connectivity index (χ1n) is 7.42. The summed E-state index contributed by atoms with van der Waals surface area (Å²) in [5.74, 6) is -1.24. The third-order valence-electron chi connectivity index (χ3n) is 3.26. The molecule has 24 heavy (non-hydrogen) atoms. The van der Waals surface area contributed by atoms with Gasteiger partial charge < -0.3 is 14.7 Å². The lowest BCUT2D eigenvalue weighted by molar-refractivity contribution is -0.146. The summed E-state index contributed by atoms with van der Waals surface area (Å²) < 4.78 is 4.67. The predicted molar refractivity (Wildman–Crippen MR) is 94.9 cm³/mol. The van der Waals surface area contributed by atoms with Crippen molar-refractivity contribution in [1.29, 1.82) is 0 Å². The summed E-state index contributed by atoms with van der Waals surface area (Å²) in [5, 5.41) is 10.5. The first-order valence-corrected chi connectivity index (χ1v) is 8.18. The number of carbonyl (C=O) groups excluding carboxylic acids is 2. The smallest absolute Gasteiger partial charge is 0.310 e. The van der Waals surface area contributed by atoms with E-state index in [4.69, 9.17) is 23.2 Å². The molecule has 1 rings (SSSR count). The monoisotopic (exact) mass is 373 g/mol. The molecular formula is C17H21Cl2NO4. The molecule has 5 nitrogen and oxygen atoms in total. The highest BCUT2D eigenvalue weighted by Crippen LogP contribution is 2.22. The van der Waals surface area contributed by atoms with Crippen molar-refractivity contribution in [1.82, 2.24) is 4.90 Å². The molecular weight excluding hydrogens is 353 g/mol. The van der Waals surface area contributed by atoms with Gasteiger partial charge in [-0.15, -0.1) is 0 Å². The van der Waals surface area contributed by atoms with Crippen LogP contribution in [0, 0.1) is 5.92 Å².